The van der Waals surface area contributed by atoms with Crippen LogP contribution in [0.2, 0.25) is 0 Å². The van der Waals surface area contributed by atoms with E-state index in [0.717, 1.165) is 29.8 Å². The van der Waals surface area contributed by atoms with Gasteiger partial charge in [0.1, 0.15) is 0 Å². The van der Waals surface area contributed by atoms with Gasteiger partial charge in [-0.2, -0.15) is 4.31 Å². The van der Waals surface area contributed by atoms with Crippen LogP contribution in [0, 0.1) is 13.8 Å². The van der Waals surface area contributed by atoms with E-state index in [1.807, 2.05) is 31.5 Å². The number of carbonyl (C=O) groups excluding carboxylic acids is 2. The van der Waals surface area contributed by atoms with E-state index in [2.05, 4.69) is 4.90 Å². The number of aromatic nitrogens is 1. The lowest BCUT2D eigenvalue weighted by Crippen LogP contribution is -2.49. The van der Waals surface area contributed by atoms with E-state index in [1.54, 1.807) is 17.0 Å². The summed E-state index contributed by atoms with van der Waals surface area (Å²) in [6, 6.07) is 8.19. The highest BCUT2D eigenvalue weighted by atomic mass is 32.2. The molecule has 1 aromatic carbocycles. The van der Waals surface area contributed by atoms with Crippen LogP contribution in [0.15, 0.2) is 35.2 Å². The zero-order valence-electron chi connectivity index (χ0n) is 19.6. The number of aryl methyl sites for hydroxylation is 1. The van der Waals surface area contributed by atoms with Gasteiger partial charge in [0.25, 0.3) is 5.91 Å². The molecule has 0 atom stereocenters. The predicted octanol–water partition coefficient (Wildman–Crippen LogP) is 2.07. The minimum Gasteiger partial charge on any atom is -0.351 e. The lowest BCUT2D eigenvalue weighted by molar-refractivity contribution is 0.0624. The van der Waals surface area contributed by atoms with Crippen molar-refractivity contribution in [1.29, 1.82) is 0 Å². The Morgan fingerprint density at radius 2 is 1.52 bits per heavy atom. The molecule has 0 saturated carbocycles. The van der Waals surface area contributed by atoms with E-state index in [-0.39, 0.29) is 16.6 Å². The molecule has 9 heteroatoms. The number of hydrogen-bond acceptors (Lipinski definition) is 5. The average molecular weight is 473 g/mol. The van der Waals surface area contributed by atoms with Gasteiger partial charge in [0, 0.05) is 68.8 Å². The molecule has 2 aromatic rings. The third kappa shape index (κ3) is 4.76. The number of carbonyl (C=O) groups is 2. The molecule has 0 spiro atoms. The van der Waals surface area contributed by atoms with Gasteiger partial charge in [-0.15, -0.1) is 0 Å². The van der Waals surface area contributed by atoms with Crippen molar-refractivity contribution in [3.05, 3.63) is 52.8 Å². The molecule has 178 valence electrons. The van der Waals surface area contributed by atoms with Crippen molar-refractivity contribution >= 4 is 21.7 Å². The molecule has 0 radical (unpaired) electrons. The first-order valence-electron chi connectivity index (χ1n) is 11.5. The largest absolute Gasteiger partial charge is 0.351 e. The maximum Gasteiger partial charge on any atom is 0.253 e. The Morgan fingerprint density at radius 1 is 0.909 bits per heavy atom. The molecule has 0 N–H and O–H groups in total. The minimum atomic E-state index is -3.48. The standard InChI is InChI=1S/C24H32N4O4S/c1-18-16-22(19(2)25(18)3)23(29)17-26-12-14-27(15-13-26)24(30)20-6-8-21(9-7-20)33(31,32)28-10-4-5-11-28/h6-9,16H,4-5,10-15,17H2,1-3H3. The Labute approximate surface area is 195 Å². The summed E-state index contributed by atoms with van der Waals surface area (Å²) in [5.74, 6) is -0.00796. The van der Waals surface area contributed by atoms with Crippen LogP contribution in [0.4, 0.5) is 0 Å². The van der Waals surface area contributed by atoms with Gasteiger partial charge in [-0.3, -0.25) is 14.5 Å². The summed E-state index contributed by atoms with van der Waals surface area (Å²) in [5, 5.41) is 0. The Kier molecular flexibility index (Phi) is 6.74. The second-order valence-corrected chi connectivity index (χ2v) is 10.9. The SMILES string of the molecule is Cc1cc(C(=O)CN2CCN(C(=O)c3ccc(S(=O)(=O)N4CCCC4)cc3)CC2)c(C)n1C. The highest BCUT2D eigenvalue weighted by Gasteiger charge is 2.28. The number of amides is 1. The molecule has 1 amide bonds. The molecule has 0 aliphatic carbocycles. The van der Waals surface area contributed by atoms with E-state index in [1.165, 1.54) is 16.4 Å². The number of piperazine rings is 1. The first-order chi connectivity index (χ1) is 15.7. The number of rotatable bonds is 6. The van der Waals surface area contributed by atoms with Crippen LogP contribution in [0.5, 0.6) is 0 Å². The van der Waals surface area contributed by atoms with Crippen molar-refractivity contribution in [2.24, 2.45) is 7.05 Å². The summed E-state index contributed by atoms with van der Waals surface area (Å²) in [7, 11) is -1.53. The fourth-order valence-corrected chi connectivity index (χ4v) is 6.08. The van der Waals surface area contributed by atoms with Crippen LogP contribution in [-0.2, 0) is 17.1 Å². The number of nitrogens with zero attached hydrogens (tertiary/aromatic N) is 4. The van der Waals surface area contributed by atoms with Crippen LogP contribution >= 0.6 is 0 Å². The van der Waals surface area contributed by atoms with Gasteiger partial charge in [-0.25, -0.2) is 8.42 Å². The lowest BCUT2D eigenvalue weighted by atomic mass is 10.1. The monoisotopic (exact) mass is 472 g/mol. The summed E-state index contributed by atoms with van der Waals surface area (Å²) in [5.41, 5.74) is 3.28. The third-order valence-corrected chi connectivity index (χ3v) is 8.82. The van der Waals surface area contributed by atoms with Crippen molar-refractivity contribution in [3.63, 3.8) is 0 Å². The maximum atomic E-state index is 12.9. The molecule has 8 nitrogen and oxygen atoms in total. The van der Waals surface area contributed by atoms with E-state index >= 15 is 0 Å². The highest BCUT2D eigenvalue weighted by molar-refractivity contribution is 7.89. The molecule has 2 aliphatic rings. The number of ketones is 1. The Balaban J connectivity index is 1.33. The zero-order chi connectivity index (χ0) is 23.8. The van der Waals surface area contributed by atoms with Gasteiger partial charge in [-0.05, 0) is 57.0 Å². The van der Waals surface area contributed by atoms with Crippen molar-refractivity contribution in [1.82, 2.24) is 18.7 Å². The summed E-state index contributed by atoms with van der Waals surface area (Å²) in [4.78, 5) is 29.8. The molecule has 2 aliphatic heterocycles. The minimum absolute atomic E-state index is 0.103. The van der Waals surface area contributed by atoms with Gasteiger partial charge >= 0.3 is 0 Å². The molecule has 33 heavy (non-hydrogen) atoms. The van der Waals surface area contributed by atoms with Gasteiger partial charge in [0.05, 0.1) is 11.4 Å². The van der Waals surface area contributed by atoms with E-state index in [4.69, 9.17) is 0 Å². The second-order valence-electron chi connectivity index (χ2n) is 8.97. The first-order valence-corrected chi connectivity index (χ1v) is 12.9. The van der Waals surface area contributed by atoms with Crippen LogP contribution < -0.4 is 0 Å². The lowest BCUT2D eigenvalue weighted by Gasteiger charge is -2.34. The number of hydrogen-bond donors (Lipinski definition) is 0. The van der Waals surface area contributed by atoms with Crippen LogP contribution in [-0.4, -0.2) is 84.6 Å². The van der Waals surface area contributed by atoms with Gasteiger partial charge in [-0.1, -0.05) is 0 Å². The Bertz CT molecular complexity index is 1140. The average Bonchev–Trinajstić information content (AvgIpc) is 3.45. The van der Waals surface area contributed by atoms with E-state index in [0.29, 0.717) is 51.4 Å². The van der Waals surface area contributed by atoms with Crippen LogP contribution in [0.25, 0.3) is 0 Å². The molecule has 3 heterocycles. The Morgan fingerprint density at radius 3 is 2.06 bits per heavy atom. The second kappa shape index (κ2) is 9.40. The number of sulfonamides is 1. The summed E-state index contributed by atoms with van der Waals surface area (Å²) in [6.45, 7) is 7.72. The van der Waals surface area contributed by atoms with E-state index < -0.39 is 10.0 Å². The van der Waals surface area contributed by atoms with Gasteiger partial charge < -0.3 is 9.47 Å². The summed E-state index contributed by atoms with van der Waals surface area (Å²) < 4.78 is 28.9. The topological polar surface area (TPSA) is 82.9 Å². The normalized spacial score (nSPS) is 18.1. The first kappa shape index (κ1) is 23.7. The molecule has 2 saturated heterocycles. The molecule has 2 fully saturated rings. The smallest absolute Gasteiger partial charge is 0.253 e. The van der Waals surface area contributed by atoms with Crippen LogP contribution in [0.1, 0.15) is 44.9 Å². The fraction of sp³-hybridized carbons (Fsp3) is 0.500. The third-order valence-electron chi connectivity index (χ3n) is 6.91. The maximum absolute atomic E-state index is 12.9. The molecule has 1 aromatic heterocycles. The van der Waals surface area contributed by atoms with Crippen molar-refractivity contribution in [2.45, 2.75) is 31.6 Å². The van der Waals surface area contributed by atoms with Crippen LogP contribution in [0.3, 0.4) is 0 Å². The highest BCUT2D eigenvalue weighted by Crippen LogP contribution is 2.22. The summed E-state index contributed by atoms with van der Waals surface area (Å²) in [6.07, 6.45) is 1.77. The summed E-state index contributed by atoms with van der Waals surface area (Å²) >= 11 is 0. The van der Waals surface area contributed by atoms with Crippen molar-refractivity contribution < 1.29 is 18.0 Å². The quantitative estimate of drug-likeness (QED) is 0.601. The molecule has 0 unspecified atom stereocenters. The fourth-order valence-electron chi connectivity index (χ4n) is 4.56. The molecule has 0 bridgehead atoms. The van der Waals surface area contributed by atoms with E-state index in [9.17, 15) is 18.0 Å². The number of Topliss-reactive ketones (excluding diaryl/α,β-unsaturated/α-hetero) is 1. The molecular formula is C24H32N4O4S. The van der Waals surface area contributed by atoms with Crippen molar-refractivity contribution in [2.75, 3.05) is 45.8 Å². The number of benzene rings is 1. The Hall–Kier alpha value is -2.49. The van der Waals surface area contributed by atoms with Gasteiger partial charge in [0.15, 0.2) is 5.78 Å². The van der Waals surface area contributed by atoms with Crippen molar-refractivity contribution in [3.8, 4) is 0 Å². The zero-order valence-corrected chi connectivity index (χ0v) is 20.4. The molecule has 4 rings (SSSR count). The molecular weight excluding hydrogens is 440 g/mol. The van der Waals surface area contributed by atoms with Gasteiger partial charge in [0.2, 0.25) is 10.0 Å². The predicted molar refractivity (Wildman–Crippen MR) is 126 cm³/mol.